The fraction of sp³-hybridized carbons (Fsp3) is 0.389. The number of halogens is 3. The summed E-state index contributed by atoms with van der Waals surface area (Å²) in [5.41, 5.74) is -1.43. The van der Waals surface area contributed by atoms with E-state index in [1.165, 1.54) is 12.3 Å². The van der Waals surface area contributed by atoms with Gasteiger partial charge in [-0.2, -0.15) is 13.2 Å². The van der Waals surface area contributed by atoms with Gasteiger partial charge in [-0.15, -0.1) is 0 Å². The maximum atomic E-state index is 13.1. The van der Waals surface area contributed by atoms with Crippen LogP contribution in [0, 0.1) is 0 Å². The summed E-state index contributed by atoms with van der Waals surface area (Å²) in [4.78, 5) is 12.9. The third-order valence-electron chi connectivity index (χ3n) is 4.53. The van der Waals surface area contributed by atoms with Gasteiger partial charge in [-0.3, -0.25) is 4.79 Å². The molecule has 1 fully saturated rings. The number of amides is 1. The molecule has 1 saturated heterocycles. The van der Waals surface area contributed by atoms with Crippen molar-refractivity contribution in [1.82, 2.24) is 5.32 Å². The zero-order valence-electron chi connectivity index (χ0n) is 13.4. The van der Waals surface area contributed by atoms with Crippen molar-refractivity contribution >= 4 is 5.91 Å². The smallest absolute Gasteiger partial charge is 0.416 e. The van der Waals surface area contributed by atoms with Crippen molar-refractivity contribution in [2.24, 2.45) is 0 Å². The van der Waals surface area contributed by atoms with Crippen LogP contribution in [0.2, 0.25) is 0 Å². The van der Waals surface area contributed by atoms with Crippen LogP contribution in [0.3, 0.4) is 0 Å². The van der Waals surface area contributed by atoms with E-state index in [2.05, 4.69) is 5.32 Å². The van der Waals surface area contributed by atoms with Gasteiger partial charge in [0.05, 0.1) is 23.8 Å². The Kier molecular flexibility index (Phi) is 4.85. The van der Waals surface area contributed by atoms with Crippen molar-refractivity contribution in [2.45, 2.75) is 31.0 Å². The zero-order chi connectivity index (χ0) is 17.9. The van der Waals surface area contributed by atoms with Gasteiger partial charge in [-0.25, -0.2) is 0 Å². The molecule has 7 heteroatoms. The van der Waals surface area contributed by atoms with Gasteiger partial charge in [0.2, 0.25) is 5.91 Å². The number of ether oxygens (including phenoxy) is 1. The lowest BCUT2D eigenvalue weighted by Crippen LogP contribution is -2.47. The first-order valence-corrected chi connectivity index (χ1v) is 7.98. The van der Waals surface area contributed by atoms with Gasteiger partial charge in [-0.05, 0) is 36.6 Å². The third-order valence-corrected chi connectivity index (χ3v) is 4.53. The second kappa shape index (κ2) is 6.92. The maximum Gasteiger partial charge on any atom is 0.416 e. The molecule has 0 atom stereocenters. The highest BCUT2D eigenvalue weighted by Crippen LogP contribution is 2.38. The minimum atomic E-state index is -4.45. The van der Waals surface area contributed by atoms with Gasteiger partial charge in [0.25, 0.3) is 0 Å². The Morgan fingerprint density at radius 3 is 2.56 bits per heavy atom. The van der Waals surface area contributed by atoms with Crippen LogP contribution in [0.25, 0.3) is 0 Å². The van der Waals surface area contributed by atoms with E-state index in [9.17, 15) is 18.0 Å². The zero-order valence-corrected chi connectivity index (χ0v) is 13.4. The van der Waals surface area contributed by atoms with E-state index >= 15 is 0 Å². The molecule has 1 amide bonds. The second-order valence-corrected chi connectivity index (χ2v) is 6.04. The van der Waals surface area contributed by atoms with Crippen molar-refractivity contribution in [3.8, 4) is 0 Å². The standard InChI is InChI=1S/C18H18F3NO3/c19-18(20,21)14-4-1-3-13(11-14)17(6-9-24-10-7-17)16(23)22-12-15-5-2-8-25-15/h1-5,8,11H,6-7,9-10,12H2,(H,22,23). The first-order valence-electron chi connectivity index (χ1n) is 7.98. The monoisotopic (exact) mass is 353 g/mol. The summed E-state index contributed by atoms with van der Waals surface area (Å²) in [6, 6.07) is 8.43. The first kappa shape index (κ1) is 17.5. The Balaban J connectivity index is 1.89. The highest BCUT2D eigenvalue weighted by molar-refractivity contribution is 5.88. The van der Waals surface area contributed by atoms with Gasteiger partial charge in [0, 0.05) is 13.2 Å². The molecule has 1 N–H and O–H groups in total. The van der Waals surface area contributed by atoms with E-state index in [0.717, 1.165) is 12.1 Å². The predicted molar refractivity (Wildman–Crippen MR) is 83.7 cm³/mol. The molecule has 0 aliphatic carbocycles. The molecule has 2 aromatic rings. The first-order chi connectivity index (χ1) is 11.9. The normalized spacial score (nSPS) is 17.2. The fourth-order valence-electron chi connectivity index (χ4n) is 3.11. The molecule has 3 rings (SSSR count). The van der Waals surface area contributed by atoms with Gasteiger partial charge in [-0.1, -0.05) is 18.2 Å². The van der Waals surface area contributed by atoms with E-state index in [4.69, 9.17) is 9.15 Å². The molecule has 1 aromatic heterocycles. The molecule has 134 valence electrons. The molecular formula is C18H18F3NO3. The highest BCUT2D eigenvalue weighted by atomic mass is 19.4. The molecule has 2 heterocycles. The summed E-state index contributed by atoms with van der Waals surface area (Å²) in [5.74, 6) is 0.270. The summed E-state index contributed by atoms with van der Waals surface area (Å²) in [6.45, 7) is 0.836. The quantitative estimate of drug-likeness (QED) is 0.913. The SMILES string of the molecule is O=C(NCc1ccco1)C1(c2cccc(C(F)(F)F)c2)CCOCC1. The van der Waals surface area contributed by atoms with Gasteiger partial charge < -0.3 is 14.5 Å². The number of rotatable bonds is 4. The van der Waals surface area contributed by atoms with E-state index in [1.807, 2.05) is 0 Å². The lowest BCUT2D eigenvalue weighted by molar-refractivity contribution is -0.138. The van der Waals surface area contributed by atoms with Crippen molar-refractivity contribution in [2.75, 3.05) is 13.2 Å². The van der Waals surface area contributed by atoms with E-state index in [0.29, 0.717) is 37.4 Å². The van der Waals surface area contributed by atoms with Crippen LogP contribution in [-0.4, -0.2) is 19.1 Å². The lowest BCUT2D eigenvalue weighted by atomic mass is 9.73. The number of carbonyl (C=O) groups excluding carboxylic acids is 1. The van der Waals surface area contributed by atoms with Crippen molar-refractivity contribution in [3.63, 3.8) is 0 Å². The van der Waals surface area contributed by atoms with Crippen molar-refractivity contribution in [3.05, 3.63) is 59.5 Å². The summed E-state index contributed by atoms with van der Waals surface area (Å²) < 4.78 is 49.7. The molecule has 1 aromatic carbocycles. The molecule has 0 radical (unpaired) electrons. The minimum absolute atomic E-state index is 0.188. The number of alkyl halides is 3. The lowest BCUT2D eigenvalue weighted by Gasteiger charge is -2.36. The predicted octanol–water partition coefficient (Wildman–Crippen LogP) is 3.66. The van der Waals surface area contributed by atoms with Crippen molar-refractivity contribution < 1.29 is 27.1 Å². The summed E-state index contributed by atoms with van der Waals surface area (Å²) in [7, 11) is 0. The molecule has 1 aliphatic rings. The third kappa shape index (κ3) is 3.71. The molecule has 1 aliphatic heterocycles. The number of hydrogen-bond acceptors (Lipinski definition) is 3. The van der Waals surface area contributed by atoms with Crippen LogP contribution in [0.4, 0.5) is 13.2 Å². The summed E-state index contributed by atoms with van der Waals surface area (Å²) in [5, 5.41) is 2.78. The molecule has 0 bridgehead atoms. The van der Waals surface area contributed by atoms with E-state index in [-0.39, 0.29) is 12.5 Å². The van der Waals surface area contributed by atoms with Gasteiger partial charge in [0.15, 0.2) is 0 Å². The topological polar surface area (TPSA) is 51.5 Å². The molecule has 4 nitrogen and oxygen atoms in total. The number of carbonyl (C=O) groups is 1. The fourth-order valence-corrected chi connectivity index (χ4v) is 3.11. The molecule has 25 heavy (non-hydrogen) atoms. The number of furan rings is 1. The van der Waals surface area contributed by atoms with Crippen LogP contribution in [0.1, 0.15) is 29.7 Å². The molecule has 0 spiro atoms. The van der Waals surface area contributed by atoms with Crippen LogP contribution >= 0.6 is 0 Å². The maximum absolute atomic E-state index is 13.1. The Hall–Kier alpha value is -2.28. The highest BCUT2D eigenvalue weighted by Gasteiger charge is 2.43. The Morgan fingerprint density at radius 2 is 1.92 bits per heavy atom. The molecule has 0 unspecified atom stereocenters. The minimum Gasteiger partial charge on any atom is -0.467 e. The van der Waals surface area contributed by atoms with Crippen LogP contribution in [0.15, 0.2) is 47.1 Å². The molecule has 0 saturated carbocycles. The summed E-state index contributed by atoms with van der Waals surface area (Å²) >= 11 is 0. The average molecular weight is 353 g/mol. The van der Waals surface area contributed by atoms with Crippen LogP contribution in [-0.2, 0) is 27.7 Å². The van der Waals surface area contributed by atoms with E-state index < -0.39 is 17.2 Å². The second-order valence-electron chi connectivity index (χ2n) is 6.04. The largest absolute Gasteiger partial charge is 0.467 e. The Bertz CT molecular complexity index is 719. The Labute approximate surface area is 143 Å². The van der Waals surface area contributed by atoms with Crippen molar-refractivity contribution in [1.29, 1.82) is 0 Å². The van der Waals surface area contributed by atoms with Crippen LogP contribution in [0.5, 0.6) is 0 Å². The van der Waals surface area contributed by atoms with E-state index in [1.54, 1.807) is 18.2 Å². The molecular weight excluding hydrogens is 335 g/mol. The Morgan fingerprint density at radius 1 is 1.16 bits per heavy atom. The number of hydrogen-bond donors (Lipinski definition) is 1. The van der Waals surface area contributed by atoms with Crippen LogP contribution < -0.4 is 5.32 Å². The van der Waals surface area contributed by atoms with Gasteiger partial charge in [0.1, 0.15) is 5.76 Å². The van der Waals surface area contributed by atoms with Gasteiger partial charge >= 0.3 is 6.18 Å². The average Bonchev–Trinajstić information content (AvgIpc) is 3.13. The number of nitrogens with one attached hydrogen (secondary N) is 1. The summed E-state index contributed by atoms with van der Waals surface area (Å²) in [6.07, 6.45) is -2.29. The number of benzene rings is 1.